The first-order valence-corrected chi connectivity index (χ1v) is 7.78. The zero-order valence-electron chi connectivity index (χ0n) is 10.6. The molecule has 1 unspecified atom stereocenters. The van der Waals surface area contributed by atoms with Crippen molar-refractivity contribution in [2.45, 2.75) is 12.5 Å². The van der Waals surface area contributed by atoms with E-state index < -0.39 is 5.54 Å². The number of nitrogens with two attached hydrogens (primary N) is 1. The van der Waals surface area contributed by atoms with Crippen LogP contribution in [0.25, 0.3) is 10.1 Å². The van der Waals surface area contributed by atoms with Crippen LogP contribution in [0, 0.1) is 0 Å². The Morgan fingerprint density at radius 2 is 1.79 bits per heavy atom. The molecule has 0 aliphatic rings. The maximum atomic E-state index is 6.63. The molecule has 1 nitrogen and oxygen atoms in total. The molecule has 0 fully saturated rings. The molecule has 96 valence electrons. The highest BCUT2D eigenvalue weighted by Crippen LogP contribution is 2.35. The summed E-state index contributed by atoms with van der Waals surface area (Å²) in [7, 11) is 0. The number of halogens is 1. The second-order valence-corrected chi connectivity index (χ2v) is 6.69. The summed E-state index contributed by atoms with van der Waals surface area (Å²) >= 11 is 5.21. The molecular weight excluding hydrogens is 318 g/mol. The van der Waals surface area contributed by atoms with Crippen molar-refractivity contribution in [3.63, 3.8) is 0 Å². The van der Waals surface area contributed by atoms with Crippen LogP contribution in [0.3, 0.4) is 0 Å². The molecule has 1 aromatic heterocycles. The van der Waals surface area contributed by atoms with Crippen LogP contribution in [0.15, 0.2) is 58.4 Å². The summed E-state index contributed by atoms with van der Waals surface area (Å²) in [5.41, 5.74) is 8.45. The fourth-order valence-electron chi connectivity index (χ4n) is 2.35. The van der Waals surface area contributed by atoms with Gasteiger partial charge in [-0.15, -0.1) is 11.3 Å². The quantitative estimate of drug-likeness (QED) is 0.711. The normalized spacial score (nSPS) is 14.5. The number of thiophene rings is 1. The summed E-state index contributed by atoms with van der Waals surface area (Å²) < 4.78 is 2.34. The van der Waals surface area contributed by atoms with E-state index in [-0.39, 0.29) is 0 Å². The highest BCUT2D eigenvalue weighted by atomic mass is 79.9. The van der Waals surface area contributed by atoms with Crippen LogP contribution in [0.5, 0.6) is 0 Å². The minimum Gasteiger partial charge on any atom is -0.318 e. The van der Waals surface area contributed by atoms with Crippen LogP contribution < -0.4 is 5.73 Å². The Labute approximate surface area is 125 Å². The highest BCUT2D eigenvalue weighted by molar-refractivity contribution is 9.10. The minimum atomic E-state index is -0.481. The summed E-state index contributed by atoms with van der Waals surface area (Å²) in [5.74, 6) is 0. The van der Waals surface area contributed by atoms with Gasteiger partial charge in [0.15, 0.2) is 0 Å². The summed E-state index contributed by atoms with van der Waals surface area (Å²) in [5, 5.41) is 3.38. The maximum Gasteiger partial charge on any atom is 0.0651 e. The molecule has 0 saturated heterocycles. The van der Waals surface area contributed by atoms with Gasteiger partial charge in [-0.2, -0.15) is 0 Å². The molecule has 0 aliphatic carbocycles. The van der Waals surface area contributed by atoms with Crippen molar-refractivity contribution in [1.82, 2.24) is 0 Å². The molecule has 0 spiro atoms. The maximum absolute atomic E-state index is 6.63. The van der Waals surface area contributed by atoms with Crippen LogP contribution in [0.4, 0.5) is 0 Å². The number of hydrogen-bond donors (Lipinski definition) is 1. The van der Waals surface area contributed by atoms with Crippen LogP contribution >= 0.6 is 27.3 Å². The Morgan fingerprint density at radius 3 is 2.53 bits per heavy atom. The van der Waals surface area contributed by atoms with E-state index in [1.54, 1.807) is 11.3 Å². The van der Waals surface area contributed by atoms with Crippen LogP contribution in [0.1, 0.15) is 18.1 Å². The van der Waals surface area contributed by atoms with Gasteiger partial charge < -0.3 is 5.73 Å². The molecule has 0 amide bonds. The van der Waals surface area contributed by atoms with E-state index in [1.807, 2.05) is 12.1 Å². The summed E-state index contributed by atoms with van der Waals surface area (Å²) in [6.45, 7) is 2.07. The Morgan fingerprint density at radius 1 is 1.05 bits per heavy atom. The highest BCUT2D eigenvalue weighted by Gasteiger charge is 2.25. The summed E-state index contributed by atoms with van der Waals surface area (Å²) in [4.78, 5) is 0. The van der Waals surface area contributed by atoms with E-state index in [2.05, 4.69) is 64.6 Å². The number of fused-ring (bicyclic) bond motifs is 1. The smallest absolute Gasteiger partial charge is 0.0651 e. The average molecular weight is 332 g/mol. The topological polar surface area (TPSA) is 26.0 Å². The molecule has 19 heavy (non-hydrogen) atoms. The zero-order valence-corrected chi connectivity index (χ0v) is 13.0. The Kier molecular flexibility index (Phi) is 3.21. The van der Waals surface area contributed by atoms with Gasteiger partial charge in [0.05, 0.1) is 5.54 Å². The minimum absolute atomic E-state index is 0.481. The van der Waals surface area contributed by atoms with Crippen molar-refractivity contribution in [3.8, 4) is 0 Å². The monoisotopic (exact) mass is 331 g/mol. The van der Waals surface area contributed by atoms with E-state index >= 15 is 0 Å². The molecule has 1 heterocycles. The third-order valence-electron chi connectivity index (χ3n) is 3.48. The lowest BCUT2D eigenvalue weighted by atomic mass is 9.85. The van der Waals surface area contributed by atoms with Crippen molar-refractivity contribution in [1.29, 1.82) is 0 Å². The van der Waals surface area contributed by atoms with Crippen LogP contribution in [0.2, 0.25) is 0 Å². The fraction of sp³-hybridized carbons (Fsp3) is 0.125. The third-order valence-corrected chi connectivity index (χ3v) is 4.97. The molecule has 0 saturated carbocycles. The first-order chi connectivity index (χ1) is 9.09. The molecule has 3 heteroatoms. The molecule has 0 aliphatic heterocycles. The van der Waals surface area contributed by atoms with E-state index in [1.165, 1.54) is 15.6 Å². The van der Waals surface area contributed by atoms with Crippen molar-refractivity contribution in [2.24, 2.45) is 5.73 Å². The Balaban J connectivity index is 2.18. The predicted octanol–water partition coefficient (Wildman–Crippen LogP) is 4.89. The van der Waals surface area contributed by atoms with Gasteiger partial charge in [-0.3, -0.25) is 0 Å². The van der Waals surface area contributed by atoms with E-state index in [0.29, 0.717) is 0 Å². The average Bonchev–Trinajstić information content (AvgIpc) is 2.87. The number of hydrogen-bond acceptors (Lipinski definition) is 2. The third kappa shape index (κ3) is 2.22. The molecule has 3 rings (SSSR count). The predicted molar refractivity (Wildman–Crippen MR) is 86.6 cm³/mol. The standard InChI is InChI=1S/C16H14BrNS/c1-16(18,12-5-7-13(17)8-6-12)14-4-2-3-11-9-10-19-15(11)14/h2-10H,18H2,1H3. The zero-order chi connectivity index (χ0) is 13.5. The van der Waals surface area contributed by atoms with Gasteiger partial charge in [-0.1, -0.05) is 46.3 Å². The lowest BCUT2D eigenvalue weighted by Crippen LogP contribution is -2.34. The van der Waals surface area contributed by atoms with Gasteiger partial charge in [-0.05, 0) is 47.0 Å². The number of rotatable bonds is 2. The summed E-state index contributed by atoms with van der Waals surface area (Å²) in [6, 6.07) is 16.7. The second kappa shape index (κ2) is 4.75. The Hall–Kier alpha value is -1.16. The largest absolute Gasteiger partial charge is 0.318 e. The van der Waals surface area contributed by atoms with Crippen molar-refractivity contribution >= 4 is 37.4 Å². The molecule has 1 atom stereocenters. The van der Waals surface area contributed by atoms with Gasteiger partial charge in [-0.25, -0.2) is 0 Å². The fourth-order valence-corrected chi connectivity index (χ4v) is 3.65. The molecule has 0 bridgehead atoms. The second-order valence-electron chi connectivity index (χ2n) is 4.85. The van der Waals surface area contributed by atoms with Gasteiger partial charge in [0.25, 0.3) is 0 Å². The summed E-state index contributed by atoms with van der Waals surface area (Å²) in [6.07, 6.45) is 0. The van der Waals surface area contributed by atoms with E-state index in [4.69, 9.17) is 5.73 Å². The van der Waals surface area contributed by atoms with E-state index in [0.717, 1.165) is 10.0 Å². The van der Waals surface area contributed by atoms with Crippen molar-refractivity contribution in [3.05, 3.63) is 69.5 Å². The lowest BCUT2D eigenvalue weighted by Gasteiger charge is -2.26. The first-order valence-electron chi connectivity index (χ1n) is 6.10. The lowest BCUT2D eigenvalue weighted by molar-refractivity contribution is 0.609. The van der Waals surface area contributed by atoms with Gasteiger partial charge in [0.1, 0.15) is 0 Å². The van der Waals surface area contributed by atoms with Crippen molar-refractivity contribution in [2.75, 3.05) is 0 Å². The Bertz CT molecular complexity index is 713. The first kappa shape index (κ1) is 12.9. The van der Waals surface area contributed by atoms with Crippen LogP contribution in [-0.4, -0.2) is 0 Å². The van der Waals surface area contributed by atoms with Gasteiger partial charge in [0.2, 0.25) is 0 Å². The number of benzene rings is 2. The molecule has 2 aromatic carbocycles. The molecular formula is C16H14BrNS. The van der Waals surface area contributed by atoms with E-state index in [9.17, 15) is 0 Å². The molecule has 2 N–H and O–H groups in total. The van der Waals surface area contributed by atoms with Crippen LogP contribution in [-0.2, 0) is 5.54 Å². The molecule has 3 aromatic rings. The van der Waals surface area contributed by atoms with Gasteiger partial charge >= 0.3 is 0 Å². The SMILES string of the molecule is CC(N)(c1ccc(Br)cc1)c1cccc2ccsc12. The molecule has 0 radical (unpaired) electrons. The van der Waals surface area contributed by atoms with Crippen molar-refractivity contribution < 1.29 is 0 Å². The van der Waals surface area contributed by atoms with Gasteiger partial charge in [0, 0.05) is 9.17 Å².